The van der Waals surface area contributed by atoms with Crippen molar-refractivity contribution < 1.29 is 18.0 Å². The maximum Gasteiger partial charge on any atom is 0.252 e. The first kappa shape index (κ1) is 30.8. The Bertz CT molecular complexity index is 1460. The lowest BCUT2D eigenvalue weighted by molar-refractivity contribution is -0.120. The average Bonchev–Trinajstić information content (AvgIpc) is 2.86. The third kappa shape index (κ3) is 8.01. The van der Waals surface area contributed by atoms with E-state index in [1.54, 1.807) is 32.9 Å². The molecule has 3 aromatic rings. The van der Waals surface area contributed by atoms with Gasteiger partial charge in [-0.3, -0.25) is 19.2 Å². The Morgan fingerprint density at radius 1 is 0.951 bits per heavy atom. The van der Waals surface area contributed by atoms with E-state index >= 15 is 0 Å². The fraction of sp³-hybridized carbons (Fsp3) is 0.333. The number of halogens is 2. The van der Waals surface area contributed by atoms with Gasteiger partial charge < -0.3 is 11.1 Å². The molecule has 0 spiro atoms. The smallest absolute Gasteiger partial charge is 0.252 e. The van der Waals surface area contributed by atoms with Gasteiger partial charge in [-0.15, -0.1) is 0 Å². The lowest BCUT2D eigenvalue weighted by Gasteiger charge is -2.44. The highest BCUT2D eigenvalue weighted by Crippen LogP contribution is 2.36. The lowest BCUT2D eigenvalue weighted by Crippen LogP contribution is -2.51. The van der Waals surface area contributed by atoms with Gasteiger partial charge in [-0.25, -0.2) is 8.42 Å². The molecule has 8 nitrogen and oxygen atoms in total. The zero-order valence-electron chi connectivity index (χ0n) is 23.1. The number of amides is 2. The molecule has 4 N–H and O–H groups in total. The van der Waals surface area contributed by atoms with E-state index in [0.717, 1.165) is 11.1 Å². The van der Waals surface area contributed by atoms with Crippen molar-refractivity contribution in [1.82, 2.24) is 10.2 Å². The molecule has 41 heavy (non-hydrogen) atoms. The first-order valence-corrected chi connectivity index (χ1v) is 15.7. The van der Waals surface area contributed by atoms with Gasteiger partial charge in [-0.1, -0.05) is 61.3 Å². The number of carbonyl (C=O) groups excluding carboxylic acids is 2. The zero-order chi connectivity index (χ0) is 29.9. The highest BCUT2D eigenvalue weighted by Gasteiger charge is 2.36. The Kier molecular flexibility index (Phi) is 9.64. The summed E-state index contributed by atoms with van der Waals surface area (Å²) in [6.07, 6.45) is 0. The highest BCUT2D eigenvalue weighted by atomic mass is 35.5. The molecule has 1 unspecified atom stereocenters. The van der Waals surface area contributed by atoms with Crippen LogP contribution in [0.2, 0.25) is 10.0 Å². The van der Waals surface area contributed by atoms with E-state index in [4.69, 9.17) is 28.9 Å². The number of anilines is 1. The van der Waals surface area contributed by atoms with E-state index in [1.807, 2.05) is 48.5 Å². The number of sulfonamides is 1. The van der Waals surface area contributed by atoms with Gasteiger partial charge in [0.1, 0.15) is 6.04 Å². The number of benzene rings is 3. The molecule has 0 bridgehead atoms. The minimum atomic E-state index is -3.71. The summed E-state index contributed by atoms with van der Waals surface area (Å²) < 4.78 is 28.9. The van der Waals surface area contributed by atoms with Crippen LogP contribution in [-0.4, -0.2) is 50.0 Å². The van der Waals surface area contributed by atoms with E-state index < -0.39 is 27.9 Å². The number of primary amides is 1. The first-order chi connectivity index (χ1) is 19.3. The maximum absolute atomic E-state index is 13.1. The summed E-state index contributed by atoms with van der Waals surface area (Å²) in [5.74, 6) is -1.48. The Morgan fingerprint density at radius 3 is 1.98 bits per heavy atom. The monoisotopic (exact) mass is 616 g/mol. The Balaban J connectivity index is 1.43. The summed E-state index contributed by atoms with van der Waals surface area (Å²) in [6.45, 7) is 6.49. The standard InChI is InChI=1S/C30H34Cl2N4O4S/c1-18(2)27(29(33)37)34-30(38)23-12-19(3)13-26(14-23)35-41(39,40)17-20-15-36(16-20)28(21-4-8-24(31)9-5-21)22-6-10-25(32)11-7-22/h4-14,18,20,27-28,35H,15-17H2,1-3H3,(H2,33,37)(H,34,38). The molecule has 0 aromatic heterocycles. The lowest BCUT2D eigenvalue weighted by atomic mass is 9.91. The van der Waals surface area contributed by atoms with Crippen LogP contribution in [0.3, 0.4) is 0 Å². The van der Waals surface area contributed by atoms with Crippen LogP contribution < -0.4 is 15.8 Å². The summed E-state index contributed by atoms with van der Waals surface area (Å²) in [7, 11) is -3.71. The van der Waals surface area contributed by atoms with Crippen molar-refractivity contribution in [3.05, 3.63) is 99.0 Å². The summed E-state index contributed by atoms with van der Waals surface area (Å²) in [5.41, 5.74) is 8.74. The second-order valence-electron chi connectivity index (χ2n) is 10.9. The maximum atomic E-state index is 13.1. The van der Waals surface area contributed by atoms with Crippen molar-refractivity contribution in [2.75, 3.05) is 23.6 Å². The molecule has 218 valence electrons. The van der Waals surface area contributed by atoms with Crippen LogP contribution >= 0.6 is 23.2 Å². The van der Waals surface area contributed by atoms with Crippen molar-refractivity contribution >= 4 is 50.7 Å². The molecule has 1 aliphatic heterocycles. The van der Waals surface area contributed by atoms with Gasteiger partial charge in [0.15, 0.2) is 0 Å². The largest absolute Gasteiger partial charge is 0.368 e. The molecular weight excluding hydrogens is 583 g/mol. The van der Waals surface area contributed by atoms with Crippen LogP contribution in [0.15, 0.2) is 66.7 Å². The normalized spacial score (nSPS) is 15.0. The second-order valence-corrected chi connectivity index (χ2v) is 13.5. The van der Waals surface area contributed by atoms with Gasteiger partial charge >= 0.3 is 0 Å². The van der Waals surface area contributed by atoms with E-state index in [-0.39, 0.29) is 34.9 Å². The van der Waals surface area contributed by atoms with Gasteiger partial charge in [0.2, 0.25) is 15.9 Å². The van der Waals surface area contributed by atoms with Crippen molar-refractivity contribution in [1.29, 1.82) is 0 Å². The molecule has 1 fully saturated rings. The summed E-state index contributed by atoms with van der Waals surface area (Å²) in [5, 5.41) is 3.93. The van der Waals surface area contributed by atoms with Crippen LogP contribution in [0.4, 0.5) is 5.69 Å². The number of hydrogen-bond donors (Lipinski definition) is 3. The van der Waals surface area contributed by atoms with Gasteiger partial charge in [0, 0.05) is 40.3 Å². The molecule has 0 saturated carbocycles. The van der Waals surface area contributed by atoms with Crippen molar-refractivity contribution in [2.45, 2.75) is 32.9 Å². The molecule has 1 aliphatic rings. The fourth-order valence-corrected chi connectivity index (χ4v) is 6.77. The van der Waals surface area contributed by atoms with Gasteiger partial charge in [-0.05, 0) is 72.0 Å². The topological polar surface area (TPSA) is 122 Å². The Hall–Kier alpha value is -3.11. The zero-order valence-corrected chi connectivity index (χ0v) is 25.4. The van der Waals surface area contributed by atoms with Crippen LogP contribution in [0.25, 0.3) is 0 Å². The number of rotatable bonds is 11. The molecule has 4 rings (SSSR count). The third-order valence-electron chi connectivity index (χ3n) is 7.05. The first-order valence-electron chi connectivity index (χ1n) is 13.3. The Morgan fingerprint density at radius 2 is 1.49 bits per heavy atom. The quantitative estimate of drug-likeness (QED) is 0.280. The van der Waals surface area contributed by atoms with E-state index in [9.17, 15) is 18.0 Å². The van der Waals surface area contributed by atoms with Crippen molar-refractivity contribution in [2.24, 2.45) is 17.6 Å². The summed E-state index contributed by atoms with van der Waals surface area (Å²) >= 11 is 12.2. The molecule has 1 heterocycles. The number of nitrogens with two attached hydrogens (primary N) is 1. The molecule has 1 atom stereocenters. The SMILES string of the molecule is Cc1cc(NS(=O)(=O)CC2CN(C(c3ccc(Cl)cc3)c3ccc(Cl)cc3)C2)cc(C(=O)NC(C(N)=O)C(C)C)c1. The molecule has 11 heteroatoms. The highest BCUT2D eigenvalue weighted by molar-refractivity contribution is 7.92. The number of aryl methyl sites for hydroxylation is 1. The van der Waals surface area contributed by atoms with Crippen molar-refractivity contribution in [3.63, 3.8) is 0 Å². The van der Waals surface area contributed by atoms with Gasteiger partial charge in [0.25, 0.3) is 5.91 Å². The number of likely N-dealkylation sites (tertiary alicyclic amines) is 1. The van der Waals surface area contributed by atoms with E-state index in [0.29, 0.717) is 28.7 Å². The fourth-order valence-electron chi connectivity index (χ4n) is 5.13. The van der Waals surface area contributed by atoms with E-state index in [2.05, 4.69) is 14.9 Å². The third-order valence-corrected chi connectivity index (χ3v) is 9.01. The molecule has 3 aromatic carbocycles. The van der Waals surface area contributed by atoms with E-state index in [1.165, 1.54) is 6.07 Å². The predicted octanol–water partition coefficient (Wildman–Crippen LogP) is 5.00. The molecule has 0 aliphatic carbocycles. The average molecular weight is 618 g/mol. The molecular formula is C30H34Cl2N4O4S. The number of hydrogen-bond acceptors (Lipinski definition) is 5. The van der Waals surface area contributed by atoms with Crippen LogP contribution in [0, 0.1) is 18.8 Å². The van der Waals surface area contributed by atoms with Gasteiger partial charge in [-0.2, -0.15) is 0 Å². The molecule has 1 saturated heterocycles. The summed E-state index contributed by atoms with van der Waals surface area (Å²) in [4.78, 5) is 26.8. The van der Waals surface area contributed by atoms with Crippen LogP contribution in [-0.2, 0) is 14.8 Å². The summed E-state index contributed by atoms with van der Waals surface area (Å²) in [6, 6.07) is 19.1. The van der Waals surface area contributed by atoms with Crippen molar-refractivity contribution in [3.8, 4) is 0 Å². The predicted molar refractivity (Wildman–Crippen MR) is 164 cm³/mol. The minimum absolute atomic E-state index is 0.0654. The van der Waals surface area contributed by atoms with Crippen LogP contribution in [0.5, 0.6) is 0 Å². The number of nitrogens with zero attached hydrogens (tertiary/aromatic N) is 1. The number of nitrogens with one attached hydrogen (secondary N) is 2. The molecule has 0 radical (unpaired) electrons. The Labute approximate surface area is 251 Å². The minimum Gasteiger partial charge on any atom is -0.368 e. The second kappa shape index (κ2) is 12.8. The molecule has 2 amide bonds. The number of carbonyl (C=O) groups is 2. The van der Waals surface area contributed by atoms with Crippen LogP contribution in [0.1, 0.15) is 46.9 Å². The van der Waals surface area contributed by atoms with Gasteiger partial charge in [0.05, 0.1) is 11.8 Å².